The first-order valence-corrected chi connectivity index (χ1v) is 6.29. The average Bonchev–Trinajstić information content (AvgIpc) is 2.80. The largest absolute Gasteiger partial charge is 0.389 e. The summed E-state index contributed by atoms with van der Waals surface area (Å²) in [6, 6.07) is 4.06. The fraction of sp³-hybridized carbons (Fsp3) is 0.643. The maximum atomic E-state index is 10.5. The van der Waals surface area contributed by atoms with Gasteiger partial charge in [0.05, 0.1) is 11.7 Å². The Kier molecular flexibility index (Phi) is 3.50. The first-order chi connectivity index (χ1) is 8.12. The van der Waals surface area contributed by atoms with Crippen LogP contribution in [0.25, 0.3) is 0 Å². The van der Waals surface area contributed by atoms with Crippen molar-refractivity contribution in [3.05, 3.63) is 29.6 Å². The summed E-state index contributed by atoms with van der Waals surface area (Å²) in [5, 5.41) is 10.5. The van der Waals surface area contributed by atoms with Crippen molar-refractivity contribution in [1.29, 1.82) is 0 Å². The summed E-state index contributed by atoms with van der Waals surface area (Å²) in [6.45, 7) is 4.01. The Morgan fingerprint density at radius 2 is 2.41 bits per heavy atom. The monoisotopic (exact) mass is 235 g/mol. The molecule has 0 aromatic carbocycles. The zero-order valence-corrected chi connectivity index (χ0v) is 10.8. The highest BCUT2D eigenvalue weighted by Crippen LogP contribution is 2.39. The first-order valence-electron chi connectivity index (χ1n) is 6.29. The van der Waals surface area contributed by atoms with Crippen LogP contribution in [0.1, 0.15) is 43.9 Å². The van der Waals surface area contributed by atoms with Gasteiger partial charge in [-0.25, -0.2) is 0 Å². The van der Waals surface area contributed by atoms with E-state index in [0.29, 0.717) is 0 Å². The third-order valence-corrected chi connectivity index (χ3v) is 4.18. The van der Waals surface area contributed by atoms with E-state index < -0.39 is 11.7 Å². The number of aromatic nitrogens is 1. The summed E-state index contributed by atoms with van der Waals surface area (Å²) >= 11 is 0. The molecule has 17 heavy (non-hydrogen) atoms. The fourth-order valence-corrected chi connectivity index (χ4v) is 2.65. The lowest BCUT2D eigenvalue weighted by Crippen LogP contribution is -2.44. The number of aliphatic hydroxyl groups excluding tert-OH is 1. The Morgan fingerprint density at radius 3 is 3.06 bits per heavy atom. The lowest BCUT2D eigenvalue weighted by Gasteiger charge is -2.35. The summed E-state index contributed by atoms with van der Waals surface area (Å²) < 4.78 is 5.50. The predicted molar refractivity (Wildman–Crippen MR) is 67.0 cm³/mol. The van der Waals surface area contributed by atoms with Gasteiger partial charge in [0, 0.05) is 24.9 Å². The molecule has 3 nitrogen and oxygen atoms in total. The molecule has 0 saturated carbocycles. The smallest absolute Gasteiger partial charge is 0.0912 e. The second-order valence-electron chi connectivity index (χ2n) is 5.01. The van der Waals surface area contributed by atoms with Crippen LogP contribution in [0, 0.1) is 0 Å². The molecule has 0 saturated heterocycles. The number of methoxy groups -OCH3 is 1. The van der Waals surface area contributed by atoms with Gasteiger partial charge in [-0.05, 0) is 37.8 Å². The van der Waals surface area contributed by atoms with Gasteiger partial charge in [0.25, 0.3) is 0 Å². The number of rotatable bonds is 4. The topological polar surface area (TPSA) is 42.4 Å². The zero-order chi connectivity index (χ0) is 12.5. The Morgan fingerprint density at radius 1 is 1.65 bits per heavy atom. The highest BCUT2D eigenvalue weighted by atomic mass is 16.5. The standard InChI is InChI=1S/C14H21NO2/c1-4-14(2,17-3)13(16)11-8-7-10-6-5-9-15-12(10)11/h5-6,9,11,13,16H,4,7-8H2,1-3H3. The Labute approximate surface area is 103 Å². The Bertz CT molecular complexity index is 388. The molecule has 3 unspecified atom stereocenters. The number of hydrogen-bond acceptors (Lipinski definition) is 3. The van der Waals surface area contributed by atoms with Gasteiger partial charge in [0.1, 0.15) is 0 Å². The summed E-state index contributed by atoms with van der Waals surface area (Å²) in [6.07, 6.45) is 4.08. The molecule has 0 spiro atoms. The van der Waals surface area contributed by atoms with Gasteiger partial charge in [0.15, 0.2) is 0 Å². The van der Waals surface area contributed by atoms with Crippen LogP contribution in [-0.4, -0.2) is 28.9 Å². The molecule has 1 aromatic heterocycles. The van der Waals surface area contributed by atoms with Gasteiger partial charge in [-0.1, -0.05) is 13.0 Å². The van der Waals surface area contributed by atoms with Gasteiger partial charge in [-0.3, -0.25) is 4.98 Å². The molecular weight excluding hydrogens is 214 g/mol. The van der Waals surface area contributed by atoms with Crippen LogP contribution < -0.4 is 0 Å². The molecule has 0 radical (unpaired) electrons. The third kappa shape index (κ3) is 2.09. The van der Waals surface area contributed by atoms with Crippen molar-refractivity contribution in [2.75, 3.05) is 7.11 Å². The van der Waals surface area contributed by atoms with E-state index in [2.05, 4.69) is 11.1 Å². The lowest BCUT2D eigenvalue weighted by atomic mass is 9.84. The maximum Gasteiger partial charge on any atom is 0.0912 e. The minimum Gasteiger partial charge on any atom is -0.389 e. The van der Waals surface area contributed by atoms with E-state index in [-0.39, 0.29) is 5.92 Å². The maximum absolute atomic E-state index is 10.5. The highest BCUT2D eigenvalue weighted by molar-refractivity contribution is 5.30. The molecule has 1 N–H and O–H groups in total. The molecule has 0 bridgehead atoms. The second-order valence-corrected chi connectivity index (χ2v) is 5.01. The van der Waals surface area contributed by atoms with E-state index in [1.54, 1.807) is 13.3 Å². The number of aliphatic hydroxyl groups is 1. The lowest BCUT2D eigenvalue weighted by molar-refractivity contribution is -0.102. The van der Waals surface area contributed by atoms with E-state index in [1.165, 1.54) is 5.56 Å². The van der Waals surface area contributed by atoms with Crippen LogP contribution in [0.2, 0.25) is 0 Å². The molecule has 1 aromatic rings. The van der Waals surface area contributed by atoms with Gasteiger partial charge < -0.3 is 9.84 Å². The van der Waals surface area contributed by atoms with Crippen molar-refractivity contribution in [3.63, 3.8) is 0 Å². The first kappa shape index (κ1) is 12.5. The van der Waals surface area contributed by atoms with Crippen LogP contribution in [0.3, 0.4) is 0 Å². The van der Waals surface area contributed by atoms with Crippen molar-refractivity contribution in [1.82, 2.24) is 4.98 Å². The number of pyridine rings is 1. The number of nitrogens with zero attached hydrogens (tertiary/aromatic N) is 1. The Hall–Kier alpha value is -0.930. The van der Waals surface area contributed by atoms with Crippen molar-refractivity contribution < 1.29 is 9.84 Å². The van der Waals surface area contributed by atoms with Crippen molar-refractivity contribution in [3.8, 4) is 0 Å². The van der Waals surface area contributed by atoms with E-state index in [1.807, 2.05) is 19.9 Å². The minimum atomic E-state index is -0.492. The molecule has 2 rings (SSSR count). The molecular formula is C14H21NO2. The normalized spacial score (nSPS) is 24.1. The second kappa shape index (κ2) is 4.75. The molecule has 1 heterocycles. The SMILES string of the molecule is CCC(C)(OC)C(O)C1CCc2cccnc21. The van der Waals surface area contributed by atoms with Crippen LogP contribution >= 0.6 is 0 Å². The van der Waals surface area contributed by atoms with E-state index in [0.717, 1.165) is 25.0 Å². The number of aryl methyl sites for hydroxylation is 1. The molecule has 1 aliphatic carbocycles. The van der Waals surface area contributed by atoms with Gasteiger partial charge in [0.2, 0.25) is 0 Å². The van der Waals surface area contributed by atoms with Crippen molar-refractivity contribution >= 4 is 0 Å². The molecule has 3 atom stereocenters. The molecule has 0 aliphatic heterocycles. The van der Waals surface area contributed by atoms with E-state index in [9.17, 15) is 5.11 Å². The molecule has 3 heteroatoms. The Balaban J connectivity index is 2.26. The summed E-state index contributed by atoms with van der Waals surface area (Å²) in [4.78, 5) is 4.43. The van der Waals surface area contributed by atoms with Crippen molar-refractivity contribution in [2.45, 2.75) is 50.7 Å². The third-order valence-electron chi connectivity index (χ3n) is 4.18. The predicted octanol–water partition coefficient (Wildman–Crippen LogP) is 2.29. The summed E-state index contributed by atoms with van der Waals surface area (Å²) in [7, 11) is 1.67. The van der Waals surface area contributed by atoms with E-state index in [4.69, 9.17) is 4.74 Å². The molecule has 1 aliphatic rings. The average molecular weight is 235 g/mol. The van der Waals surface area contributed by atoms with Crippen LogP contribution in [0.5, 0.6) is 0 Å². The molecule has 0 amide bonds. The zero-order valence-electron chi connectivity index (χ0n) is 10.8. The molecule has 0 fully saturated rings. The fourth-order valence-electron chi connectivity index (χ4n) is 2.65. The summed E-state index contributed by atoms with van der Waals surface area (Å²) in [5.74, 6) is 0.107. The quantitative estimate of drug-likeness (QED) is 0.870. The number of fused-ring (bicyclic) bond motifs is 1. The van der Waals surface area contributed by atoms with Gasteiger partial charge in [-0.15, -0.1) is 0 Å². The van der Waals surface area contributed by atoms with E-state index >= 15 is 0 Å². The van der Waals surface area contributed by atoms with Crippen LogP contribution in [0.15, 0.2) is 18.3 Å². The van der Waals surface area contributed by atoms with Gasteiger partial charge >= 0.3 is 0 Å². The van der Waals surface area contributed by atoms with Crippen molar-refractivity contribution in [2.24, 2.45) is 0 Å². The molecule has 94 valence electrons. The van der Waals surface area contributed by atoms with Gasteiger partial charge in [-0.2, -0.15) is 0 Å². The van der Waals surface area contributed by atoms with Crippen LogP contribution in [-0.2, 0) is 11.2 Å². The highest BCUT2D eigenvalue weighted by Gasteiger charge is 2.40. The number of ether oxygens (including phenoxy) is 1. The van der Waals surface area contributed by atoms with Crippen LogP contribution in [0.4, 0.5) is 0 Å². The summed E-state index contributed by atoms with van der Waals surface area (Å²) in [5.41, 5.74) is 1.84. The number of hydrogen-bond donors (Lipinski definition) is 1. The minimum absolute atomic E-state index is 0.107.